The van der Waals surface area contributed by atoms with E-state index in [0.29, 0.717) is 16.1 Å². The van der Waals surface area contributed by atoms with Gasteiger partial charge in [0, 0.05) is 28.8 Å². The topological polar surface area (TPSA) is 113 Å². The van der Waals surface area contributed by atoms with Gasteiger partial charge in [0.1, 0.15) is 0 Å². The number of non-ortho nitro benzene ring substituents is 1. The molecule has 2 aromatic carbocycles. The maximum Gasteiger partial charge on any atom is 0.269 e. The SMILES string of the molecule is O=C(/C=C/c1ccc([N+](=O)[O-])cc1)NC(=S)NNC(=O)c1ccc(Cl)cc1. The van der Waals surface area contributed by atoms with Gasteiger partial charge < -0.3 is 0 Å². The molecule has 2 amide bonds. The first-order valence-electron chi connectivity index (χ1n) is 7.44. The van der Waals surface area contributed by atoms with Crippen molar-refractivity contribution in [2.75, 3.05) is 0 Å². The van der Waals surface area contributed by atoms with Gasteiger partial charge in [-0.1, -0.05) is 11.6 Å². The molecule has 0 unspecified atom stereocenters. The number of thiocarbonyl (C=S) groups is 1. The number of carbonyl (C=O) groups excluding carboxylic acids is 2. The van der Waals surface area contributed by atoms with Crippen LogP contribution in [-0.2, 0) is 4.79 Å². The number of carbonyl (C=O) groups is 2. The van der Waals surface area contributed by atoms with Gasteiger partial charge >= 0.3 is 0 Å². The van der Waals surface area contributed by atoms with Crippen LogP contribution < -0.4 is 16.2 Å². The third-order valence-electron chi connectivity index (χ3n) is 3.16. The van der Waals surface area contributed by atoms with Gasteiger partial charge in [-0.25, -0.2) is 0 Å². The van der Waals surface area contributed by atoms with E-state index in [1.807, 2.05) is 0 Å². The number of halogens is 1. The summed E-state index contributed by atoms with van der Waals surface area (Å²) in [6.07, 6.45) is 2.67. The standard InChI is InChI=1S/C17H13ClN4O4S/c18-13-6-4-12(5-7-13)16(24)20-21-17(27)19-15(23)10-3-11-1-8-14(9-2-11)22(25)26/h1-10H,(H,20,24)(H2,19,21,23,27)/b10-3+. The molecular weight excluding hydrogens is 392 g/mol. The zero-order valence-electron chi connectivity index (χ0n) is 13.6. The highest BCUT2D eigenvalue weighted by molar-refractivity contribution is 7.80. The lowest BCUT2D eigenvalue weighted by Crippen LogP contribution is -2.48. The van der Waals surface area contributed by atoms with E-state index in [0.717, 1.165) is 0 Å². The highest BCUT2D eigenvalue weighted by Gasteiger charge is 2.07. The van der Waals surface area contributed by atoms with E-state index in [1.165, 1.54) is 48.6 Å². The number of hydrogen-bond donors (Lipinski definition) is 3. The first-order chi connectivity index (χ1) is 12.8. The number of nitrogens with one attached hydrogen (secondary N) is 3. The van der Waals surface area contributed by atoms with Crippen LogP contribution in [-0.4, -0.2) is 21.9 Å². The number of nitro benzene ring substituents is 1. The number of rotatable bonds is 4. The Bertz CT molecular complexity index is 898. The third-order valence-corrected chi connectivity index (χ3v) is 3.62. The van der Waals surface area contributed by atoms with Crippen LogP contribution in [0.2, 0.25) is 5.02 Å². The Morgan fingerprint density at radius 2 is 1.67 bits per heavy atom. The lowest BCUT2D eigenvalue weighted by atomic mass is 10.2. The minimum atomic E-state index is -0.536. The molecule has 138 valence electrons. The summed E-state index contributed by atoms with van der Waals surface area (Å²) in [6, 6.07) is 11.9. The number of amides is 2. The second-order valence-electron chi connectivity index (χ2n) is 5.09. The molecule has 0 aliphatic carbocycles. The molecule has 0 aliphatic rings. The Morgan fingerprint density at radius 3 is 2.26 bits per heavy atom. The van der Waals surface area contributed by atoms with Crippen LogP contribution in [0, 0.1) is 10.1 Å². The molecule has 0 saturated carbocycles. The average Bonchev–Trinajstić information content (AvgIpc) is 2.65. The minimum absolute atomic E-state index is 0.0431. The van der Waals surface area contributed by atoms with Gasteiger partial charge in [0.25, 0.3) is 11.6 Å². The predicted octanol–water partition coefficient (Wildman–Crippen LogP) is 2.60. The molecule has 0 heterocycles. The number of nitro groups is 1. The van der Waals surface area contributed by atoms with E-state index in [2.05, 4.69) is 16.2 Å². The normalized spacial score (nSPS) is 10.3. The number of hydrogen-bond acceptors (Lipinski definition) is 5. The summed E-state index contributed by atoms with van der Waals surface area (Å²) in [5.41, 5.74) is 5.66. The number of nitrogens with zero attached hydrogens (tertiary/aromatic N) is 1. The number of hydrazine groups is 1. The first-order valence-corrected chi connectivity index (χ1v) is 8.23. The molecule has 2 rings (SSSR count). The van der Waals surface area contributed by atoms with Gasteiger partial charge in [-0.3, -0.25) is 35.9 Å². The summed E-state index contributed by atoms with van der Waals surface area (Å²) in [7, 11) is 0. The van der Waals surface area contributed by atoms with Crippen molar-refractivity contribution in [1.29, 1.82) is 0 Å². The van der Waals surface area contributed by atoms with Gasteiger partial charge in [-0.05, 0) is 60.3 Å². The Morgan fingerprint density at radius 1 is 1.04 bits per heavy atom. The van der Waals surface area contributed by atoms with Gasteiger partial charge in [0.2, 0.25) is 5.91 Å². The lowest BCUT2D eigenvalue weighted by molar-refractivity contribution is -0.384. The van der Waals surface area contributed by atoms with Crippen molar-refractivity contribution >= 4 is 52.5 Å². The van der Waals surface area contributed by atoms with E-state index >= 15 is 0 Å². The van der Waals surface area contributed by atoms with Crippen LogP contribution in [0.15, 0.2) is 54.6 Å². The van der Waals surface area contributed by atoms with Crippen LogP contribution in [0.5, 0.6) is 0 Å². The smallest absolute Gasteiger partial charge is 0.269 e. The van der Waals surface area contributed by atoms with Crippen LogP contribution in [0.1, 0.15) is 15.9 Å². The van der Waals surface area contributed by atoms with Crippen molar-refractivity contribution in [3.63, 3.8) is 0 Å². The quantitative estimate of drug-likeness (QED) is 0.312. The third kappa shape index (κ3) is 6.49. The summed E-state index contributed by atoms with van der Waals surface area (Å²) in [6.45, 7) is 0. The minimum Gasteiger partial charge on any atom is -0.298 e. The molecule has 0 bridgehead atoms. The molecule has 0 saturated heterocycles. The number of benzene rings is 2. The van der Waals surface area contributed by atoms with E-state index in [-0.39, 0.29) is 10.8 Å². The van der Waals surface area contributed by atoms with Crippen molar-refractivity contribution < 1.29 is 14.5 Å². The van der Waals surface area contributed by atoms with E-state index in [1.54, 1.807) is 12.1 Å². The molecule has 0 aliphatic heterocycles. The fraction of sp³-hybridized carbons (Fsp3) is 0. The van der Waals surface area contributed by atoms with Crippen molar-refractivity contribution in [3.8, 4) is 0 Å². The second-order valence-corrected chi connectivity index (χ2v) is 5.93. The van der Waals surface area contributed by atoms with Gasteiger partial charge in [-0.15, -0.1) is 0 Å². The Hall–Kier alpha value is -3.30. The van der Waals surface area contributed by atoms with Crippen molar-refractivity contribution in [2.24, 2.45) is 0 Å². The van der Waals surface area contributed by atoms with E-state index in [9.17, 15) is 19.7 Å². The van der Waals surface area contributed by atoms with E-state index in [4.69, 9.17) is 23.8 Å². The summed E-state index contributed by atoms with van der Waals surface area (Å²) in [5.74, 6) is -0.990. The average molecular weight is 405 g/mol. The fourth-order valence-corrected chi connectivity index (χ4v) is 2.13. The van der Waals surface area contributed by atoms with Crippen molar-refractivity contribution in [3.05, 3.63) is 80.9 Å². The molecule has 0 radical (unpaired) electrons. The molecule has 10 heteroatoms. The van der Waals surface area contributed by atoms with Crippen LogP contribution in [0.3, 0.4) is 0 Å². The summed E-state index contributed by atoms with van der Waals surface area (Å²) < 4.78 is 0. The molecule has 0 fully saturated rings. The largest absolute Gasteiger partial charge is 0.298 e. The maximum absolute atomic E-state index is 11.9. The summed E-state index contributed by atoms with van der Waals surface area (Å²) in [4.78, 5) is 33.7. The van der Waals surface area contributed by atoms with Crippen molar-refractivity contribution in [1.82, 2.24) is 16.2 Å². The molecular formula is C17H13ClN4O4S. The van der Waals surface area contributed by atoms with Crippen molar-refractivity contribution in [2.45, 2.75) is 0 Å². The molecule has 8 nitrogen and oxygen atoms in total. The zero-order valence-corrected chi connectivity index (χ0v) is 15.2. The monoisotopic (exact) mass is 404 g/mol. The van der Waals surface area contributed by atoms with Gasteiger partial charge in [0.15, 0.2) is 5.11 Å². The Kier molecular flexibility index (Phi) is 6.98. The molecule has 0 spiro atoms. The summed E-state index contributed by atoms with van der Waals surface area (Å²) in [5, 5.41) is 13.3. The summed E-state index contributed by atoms with van der Waals surface area (Å²) >= 11 is 10.7. The first kappa shape index (κ1) is 20.0. The molecule has 3 N–H and O–H groups in total. The highest BCUT2D eigenvalue weighted by Crippen LogP contribution is 2.12. The molecule has 2 aromatic rings. The highest BCUT2D eigenvalue weighted by atomic mass is 35.5. The fourth-order valence-electron chi connectivity index (χ4n) is 1.85. The molecule has 0 aromatic heterocycles. The molecule has 0 atom stereocenters. The van der Waals surface area contributed by atoms with Crippen LogP contribution >= 0.6 is 23.8 Å². The van der Waals surface area contributed by atoms with Gasteiger partial charge in [-0.2, -0.15) is 0 Å². The van der Waals surface area contributed by atoms with Gasteiger partial charge in [0.05, 0.1) is 4.92 Å². The maximum atomic E-state index is 11.9. The molecule has 27 heavy (non-hydrogen) atoms. The Labute approximate surface area is 164 Å². The lowest BCUT2D eigenvalue weighted by Gasteiger charge is -2.09. The van der Waals surface area contributed by atoms with E-state index < -0.39 is 16.7 Å². The predicted molar refractivity (Wildman–Crippen MR) is 105 cm³/mol. The van der Waals surface area contributed by atoms with Crippen LogP contribution in [0.25, 0.3) is 6.08 Å². The second kappa shape index (κ2) is 9.41. The Balaban J connectivity index is 1.80. The van der Waals surface area contributed by atoms with Crippen LogP contribution in [0.4, 0.5) is 5.69 Å². The zero-order chi connectivity index (χ0) is 19.8.